The minimum atomic E-state index is -0.490. The van der Waals surface area contributed by atoms with Crippen molar-refractivity contribution in [1.82, 2.24) is 19.9 Å². The molecule has 1 aromatic carbocycles. The lowest BCUT2D eigenvalue weighted by Gasteiger charge is -2.02. The first kappa shape index (κ1) is 11.1. The molecular weight excluding hydrogens is 246 g/mol. The first-order valence-corrected chi connectivity index (χ1v) is 5.50. The van der Waals surface area contributed by atoms with E-state index < -0.39 is 11.1 Å². The molecule has 0 unspecified atom stereocenters. The van der Waals surface area contributed by atoms with Gasteiger partial charge in [-0.1, -0.05) is 30.3 Å². The molecule has 19 heavy (non-hydrogen) atoms. The fourth-order valence-electron chi connectivity index (χ4n) is 1.80. The molecule has 0 radical (unpaired) electrons. The Morgan fingerprint density at radius 3 is 2.42 bits per heavy atom. The van der Waals surface area contributed by atoms with Gasteiger partial charge in [0.1, 0.15) is 5.69 Å². The summed E-state index contributed by atoms with van der Waals surface area (Å²) in [6.07, 6.45) is 0. The molecular formula is C12H9N5O2. The van der Waals surface area contributed by atoms with Gasteiger partial charge in [-0.15, -0.1) is 0 Å². The molecule has 4 N–H and O–H groups in total. The Morgan fingerprint density at radius 1 is 0.947 bits per heavy atom. The van der Waals surface area contributed by atoms with Crippen molar-refractivity contribution in [3.05, 3.63) is 51.0 Å². The van der Waals surface area contributed by atoms with Crippen molar-refractivity contribution in [2.45, 2.75) is 0 Å². The van der Waals surface area contributed by atoms with Gasteiger partial charge in [-0.2, -0.15) is 4.98 Å². The Morgan fingerprint density at radius 2 is 1.68 bits per heavy atom. The maximum absolute atomic E-state index is 11.9. The summed E-state index contributed by atoms with van der Waals surface area (Å²) in [5.74, 6) is -0.0672. The van der Waals surface area contributed by atoms with Crippen LogP contribution in [0.1, 0.15) is 0 Å². The lowest BCUT2D eigenvalue weighted by atomic mass is 10.1. The molecule has 0 fully saturated rings. The maximum Gasteiger partial charge on any atom is 0.280 e. The van der Waals surface area contributed by atoms with Gasteiger partial charge in [0.15, 0.2) is 11.2 Å². The van der Waals surface area contributed by atoms with E-state index in [0.29, 0.717) is 5.56 Å². The van der Waals surface area contributed by atoms with E-state index in [4.69, 9.17) is 5.73 Å². The van der Waals surface area contributed by atoms with Crippen molar-refractivity contribution >= 4 is 17.1 Å². The molecule has 2 heterocycles. The summed E-state index contributed by atoms with van der Waals surface area (Å²) in [5.41, 5.74) is 5.42. The van der Waals surface area contributed by atoms with E-state index in [9.17, 15) is 9.59 Å². The average Bonchev–Trinajstić information content (AvgIpc) is 2.38. The highest BCUT2D eigenvalue weighted by molar-refractivity contribution is 5.73. The number of rotatable bonds is 1. The maximum atomic E-state index is 11.9. The third kappa shape index (κ3) is 1.86. The molecule has 0 aliphatic carbocycles. The molecule has 0 aliphatic rings. The minimum absolute atomic E-state index is 0.0488. The van der Waals surface area contributed by atoms with E-state index in [2.05, 4.69) is 19.9 Å². The van der Waals surface area contributed by atoms with Gasteiger partial charge < -0.3 is 10.7 Å². The Hall–Kier alpha value is -2.96. The van der Waals surface area contributed by atoms with Gasteiger partial charge in [0.25, 0.3) is 11.1 Å². The fraction of sp³-hybridized carbons (Fsp3) is 0. The monoisotopic (exact) mass is 255 g/mol. The summed E-state index contributed by atoms with van der Waals surface area (Å²) in [6.45, 7) is 0. The largest absolute Gasteiger partial charge is 0.369 e. The zero-order chi connectivity index (χ0) is 13.4. The molecule has 3 aromatic rings. The molecule has 0 aliphatic heterocycles. The lowest BCUT2D eigenvalue weighted by molar-refractivity contribution is 1.10. The molecule has 0 bridgehead atoms. The van der Waals surface area contributed by atoms with Gasteiger partial charge in [-0.05, 0) is 0 Å². The summed E-state index contributed by atoms with van der Waals surface area (Å²) in [6, 6.07) is 8.87. The van der Waals surface area contributed by atoms with Gasteiger partial charge >= 0.3 is 0 Å². The van der Waals surface area contributed by atoms with Crippen LogP contribution in [0.3, 0.4) is 0 Å². The van der Waals surface area contributed by atoms with Crippen molar-refractivity contribution < 1.29 is 0 Å². The number of H-pyrrole nitrogens is 2. The first-order chi connectivity index (χ1) is 9.15. The van der Waals surface area contributed by atoms with E-state index in [1.54, 1.807) is 24.3 Å². The summed E-state index contributed by atoms with van der Waals surface area (Å²) in [4.78, 5) is 36.4. The number of benzene rings is 1. The van der Waals surface area contributed by atoms with E-state index in [1.807, 2.05) is 6.07 Å². The molecule has 0 saturated heterocycles. The zero-order valence-electron chi connectivity index (χ0n) is 9.68. The van der Waals surface area contributed by atoms with Crippen molar-refractivity contribution in [2.75, 3.05) is 5.73 Å². The molecule has 7 nitrogen and oxygen atoms in total. The summed E-state index contributed by atoms with van der Waals surface area (Å²) >= 11 is 0. The number of hydrogen-bond donors (Lipinski definition) is 3. The van der Waals surface area contributed by atoms with Crippen LogP contribution < -0.4 is 16.9 Å². The van der Waals surface area contributed by atoms with Crippen LogP contribution in [-0.4, -0.2) is 19.9 Å². The van der Waals surface area contributed by atoms with Gasteiger partial charge in [0.2, 0.25) is 5.95 Å². The molecule has 7 heteroatoms. The highest BCUT2D eigenvalue weighted by Gasteiger charge is 2.10. The Kier molecular flexibility index (Phi) is 2.38. The van der Waals surface area contributed by atoms with Crippen molar-refractivity contribution in [2.24, 2.45) is 0 Å². The van der Waals surface area contributed by atoms with E-state index in [0.717, 1.165) is 0 Å². The topological polar surface area (TPSA) is 118 Å². The van der Waals surface area contributed by atoms with Crippen LogP contribution in [0, 0.1) is 0 Å². The van der Waals surface area contributed by atoms with Gasteiger partial charge in [0.05, 0.1) is 0 Å². The SMILES string of the molecule is Nc1nc2[nH]c(=O)c(-c3ccccc3)nc2c(=O)[nH]1. The number of hydrogen-bond acceptors (Lipinski definition) is 5. The number of nitrogens with two attached hydrogens (primary N) is 1. The van der Waals surface area contributed by atoms with Crippen molar-refractivity contribution in [3.63, 3.8) is 0 Å². The second-order valence-electron chi connectivity index (χ2n) is 3.93. The predicted molar refractivity (Wildman–Crippen MR) is 70.6 cm³/mol. The number of nitrogens with zero attached hydrogens (tertiary/aromatic N) is 2. The zero-order valence-corrected chi connectivity index (χ0v) is 9.68. The molecule has 0 spiro atoms. The molecule has 0 amide bonds. The standard InChI is InChI=1S/C12H9N5O2/c13-12-16-9-8(11(19)17-12)14-7(10(18)15-9)6-4-2-1-3-5-6/h1-5H,(H4,13,15,16,17,18,19). The number of aromatic amines is 2. The van der Waals surface area contributed by atoms with Crippen LogP contribution in [0.4, 0.5) is 5.95 Å². The number of fused-ring (bicyclic) bond motifs is 1. The first-order valence-electron chi connectivity index (χ1n) is 5.50. The second-order valence-corrected chi connectivity index (χ2v) is 3.93. The highest BCUT2D eigenvalue weighted by atomic mass is 16.1. The molecule has 94 valence electrons. The summed E-state index contributed by atoms with van der Waals surface area (Å²) < 4.78 is 0. The second kappa shape index (κ2) is 4.05. The highest BCUT2D eigenvalue weighted by Crippen LogP contribution is 2.12. The van der Waals surface area contributed by atoms with Crippen LogP contribution in [0.2, 0.25) is 0 Å². The number of nitrogens with one attached hydrogen (secondary N) is 2. The van der Waals surface area contributed by atoms with Gasteiger partial charge in [-0.3, -0.25) is 14.6 Å². The number of nitrogen functional groups attached to an aromatic ring is 1. The molecule has 2 aromatic heterocycles. The third-order valence-electron chi connectivity index (χ3n) is 2.63. The molecule has 3 rings (SSSR count). The van der Waals surface area contributed by atoms with E-state index >= 15 is 0 Å². The minimum Gasteiger partial charge on any atom is -0.369 e. The van der Waals surface area contributed by atoms with Gasteiger partial charge in [0, 0.05) is 5.56 Å². The van der Waals surface area contributed by atoms with Crippen LogP contribution in [0.25, 0.3) is 22.4 Å². The lowest BCUT2D eigenvalue weighted by Crippen LogP contribution is -2.19. The Balaban J connectivity index is 2.38. The smallest absolute Gasteiger partial charge is 0.280 e. The van der Waals surface area contributed by atoms with E-state index in [1.165, 1.54) is 0 Å². The van der Waals surface area contributed by atoms with Crippen LogP contribution >= 0.6 is 0 Å². The van der Waals surface area contributed by atoms with Crippen LogP contribution in [0.5, 0.6) is 0 Å². The quantitative estimate of drug-likeness (QED) is 0.576. The van der Waals surface area contributed by atoms with Crippen LogP contribution in [0.15, 0.2) is 39.9 Å². The van der Waals surface area contributed by atoms with Crippen LogP contribution in [-0.2, 0) is 0 Å². The third-order valence-corrected chi connectivity index (χ3v) is 2.63. The van der Waals surface area contributed by atoms with Crippen molar-refractivity contribution in [1.29, 1.82) is 0 Å². The summed E-state index contributed by atoms with van der Waals surface area (Å²) in [7, 11) is 0. The predicted octanol–water partition coefficient (Wildman–Crippen LogP) is 0.256. The average molecular weight is 255 g/mol. The molecule has 0 saturated carbocycles. The van der Waals surface area contributed by atoms with Gasteiger partial charge in [-0.25, -0.2) is 4.98 Å². The Bertz CT molecular complexity index is 867. The normalized spacial score (nSPS) is 10.7. The molecule has 0 atom stereocenters. The number of aromatic nitrogens is 4. The summed E-state index contributed by atoms with van der Waals surface area (Å²) in [5, 5.41) is 0. The number of anilines is 1. The fourth-order valence-corrected chi connectivity index (χ4v) is 1.80. The Labute approximate surface area is 106 Å². The van der Waals surface area contributed by atoms with E-state index in [-0.39, 0.29) is 22.8 Å². The van der Waals surface area contributed by atoms with Crippen molar-refractivity contribution in [3.8, 4) is 11.3 Å².